The molecule has 0 bridgehead atoms. The molecule has 0 spiro atoms. The summed E-state index contributed by atoms with van der Waals surface area (Å²) in [6, 6.07) is 0. The van der Waals surface area contributed by atoms with Crippen molar-refractivity contribution < 1.29 is 28.4 Å². The van der Waals surface area contributed by atoms with Crippen molar-refractivity contribution in [3.8, 4) is 54.0 Å². The second-order valence-corrected chi connectivity index (χ2v) is 8.81. The van der Waals surface area contributed by atoms with Gasteiger partial charge >= 0.3 is 0 Å². The lowest BCUT2D eigenvalue weighted by Crippen LogP contribution is -2.16. The van der Waals surface area contributed by atoms with Crippen LogP contribution in [0.5, 0.6) is 34.5 Å². The predicted molar refractivity (Wildman–Crippen MR) is 104 cm³/mol. The van der Waals surface area contributed by atoms with Crippen LogP contribution in [0.1, 0.15) is 0 Å². The van der Waals surface area contributed by atoms with Gasteiger partial charge < -0.3 is 28.4 Å². The predicted octanol–water partition coefficient (Wildman–Crippen LogP) is 4.52. The molecule has 3 aliphatic rings. The lowest BCUT2D eigenvalue weighted by Gasteiger charge is -2.19. The number of hydrogen-bond acceptors (Lipinski definition) is 9. The van der Waals surface area contributed by atoms with Gasteiger partial charge in [-0.25, -0.2) is 0 Å². The van der Waals surface area contributed by atoms with Crippen molar-refractivity contribution in [1.82, 2.24) is 0 Å². The molecule has 140 valence electrons. The van der Waals surface area contributed by atoms with Crippen molar-refractivity contribution in [3.63, 3.8) is 0 Å². The van der Waals surface area contributed by atoms with Crippen LogP contribution in [0.4, 0.5) is 0 Å². The topological polar surface area (TPSA) is 55.4 Å². The van der Waals surface area contributed by atoms with E-state index in [2.05, 4.69) is 0 Å². The van der Waals surface area contributed by atoms with Gasteiger partial charge in [0.2, 0.25) is 0 Å². The van der Waals surface area contributed by atoms with Crippen molar-refractivity contribution >= 4 is 34.0 Å². The molecular weight excluding hydrogens is 408 g/mol. The van der Waals surface area contributed by atoms with E-state index in [1.54, 1.807) is 34.0 Å². The standard InChI is InChI=1S/C18H14O6S3/c1-3-21-11-9(19-1)7-25-15(11)17-13-14(24-6-5-23-13)18(27-17)16-12-10(8-26-16)20-2-4-22-12/h7-8H,1-6H2. The quantitative estimate of drug-likeness (QED) is 0.605. The minimum Gasteiger partial charge on any atom is -0.485 e. The Kier molecular flexibility index (Phi) is 3.66. The molecule has 0 fully saturated rings. The van der Waals surface area contributed by atoms with Gasteiger partial charge in [-0.15, -0.1) is 34.0 Å². The van der Waals surface area contributed by atoms with E-state index in [9.17, 15) is 0 Å². The third kappa shape index (κ3) is 2.41. The molecule has 6 nitrogen and oxygen atoms in total. The lowest BCUT2D eigenvalue weighted by atomic mass is 10.2. The highest BCUT2D eigenvalue weighted by Gasteiger charge is 2.33. The van der Waals surface area contributed by atoms with Gasteiger partial charge in [0, 0.05) is 10.8 Å². The molecule has 27 heavy (non-hydrogen) atoms. The molecule has 0 saturated heterocycles. The summed E-state index contributed by atoms with van der Waals surface area (Å²) in [6.07, 6.45) is 0. The number of thiophene rings is 3. The van der Waals surface area contributed by atoms with E-state index in [4.69, 9.17) is 28.4 Å². The Morgan fingerprint density at radius 2 is 0.889 bits per heavy atom. The molecule has 3 aromatic heterocycles. The Morgan fingerprint density at radius 1 is 0.481 bits per heavy atom. The van der Waals surface area contributed by atoms with Crippen LogP contribution < -0.4 is 28.4 Å². The molecule has 6 rings (SSSR count). The monoisotopic (exact) mass is 422 g/mol. The summed E-state index contributed by atoms with van der Waals surface area (Å²) in [7, 11) is 0. The van der Waals surface area contributed by atoms with Crippen LogP contribution in [-0.4, -0.2) is 39.6 Å². The summed E-state index contributed by atoms with van der Waals surface area (Å²) in [6.45, 7) is 3.33. The average molecular weight is 423 g/mol. The maximum absolute atomic E-state index is 6.02. The normalized spacial score (nSPS) is 17.0. The van der Waals surface area contributed by atoms with Crippen LogP contribution in [0.3, 0.4) is 0 Å². The zero-order valence-corrected chi connectivity index (χ0v) is 16.5. The van der Waals surface area contributed by atoms with E-state index in [0.717, 1.165) is 54.0 Å². The molecule has 3 aliphatic heterocycles. The summed E-state index contributed by atoms with van der Waals surface area (Å²) in [5.74, 6) is 4.74. The van der Waals surface area contributed by atoms with E-state index < -0.39 is 0 Å². The maximum atomic E-state index is 6.02. The van der Waals surface area contributed by atoms with Crippen LogP contribution in [0, 0.1) is 0 Å². The van der Waals surface area contributed by atoms with Crippen molar-refractivity contribution in [2.24, 2.45) is 0 Å². The number of ether oxygens (including phenoxy) is 6. The third-order valence-electron chi connectivity index (χ3n) is 4.41. The molecule has 0 radical (unpaired) electrons. The van der Waals surface area contributed by atoms with Gasteiger partial charge in [0.25, 0.3) is 0 Å². The fraction of sp³-hybridized carbons (Fsp3) is 0.333. The second kappa shape index (κ2) is 6.22. The molecule has 0 unspecified atom stereocenters. The molecule has 6 heterocycles. The molecule has 0 atom stereocenters. The largest absolute Gasteiger partial charge is 0.485 e. The molecule has 0 aliphatic carbocycles. The van der Waals surface area contributed by atoms with Gasteiger partial charge in [-0.3, -0.25) is 0 Å². The second-order valence-electron chi connectivity index (χ2n) is 6.03. The van der Waals surface area contributed by atoms with E-state index in [-0.39, 0.29) is 0 Å². The number of rotatable bonds is 2. The van der Waals surface area contributed by atoms with Crippen molar-refractivity contribution in [1.29, 1.82) is 0 Å². The molecule has 3 aromatic rings. The lowest BCUT2D eigenvalue weighted by molar-refractivity contribution is 0.171. The van der Waals surface area contributed by atoms with E-state index >= 15 is 0 Å². The summed E-state index contributed by atoms with van der Waals surface area (Å²) in [5.41, 5.74) is 0. The zero-order chi connectivity index (χ0) is 17.8. The summed E-state index contributed by atoms with van der Waals surface area (Å²) < 4.78 is 35.2. The SMILES string of the molecule is c1sc(-c2sc(-c3scc4c3OCCO4)c3c2OCCO3)c2c1OCCO2. The van der Waals surface area contributed by atoms with Gasteiger partial charge in [-0.2, -0.15) is 0 Å². The maximum Gasteiger partial charge on any atom is 0.181 e. The molecular formula is C18H14O6S3. The minimum absolute atomic E-state index is 0.531. The average Bonchev–Trinajstić information content (AvgIpc) is 3.42. The van der Waals surface area contributed by atoms with Gasteiger partial charge in [-0.1, -0.05) is 0 Å². The first-order valence-corrected chi connectivity index (χ1v) is 11.1. The van der Waals surface area contributed by atoms with Crippen LogP contribution in [0.25, 0.3) is 19.5 Å². The Hall–Kier alpha value is -2.10. The Labute approximate surface area is 166 Å². The first-order chi connectivity index (χ1) is 13.4. The van der Waals surface area contributed by atoms with E-state index in [1.165, 1.54) is 0 Å². The number of hydrogen-bond donors (Lipinski definition) is 0. The third-order valence-corrected chi connectivity index (χ3v) is 7.77. The van der Waals surface area contributed by atoms with Crippen molar-refractivity contribution in [2.75, 3.05) is 39.6 Å². The van der Waals surface area contributed by atoms with Gasteiger partial charge in [-0.05, 0) is 0 Å². The molecule has 0 saturated carbocycles. The van der Waals surface area contributed by atoms with Crippen molar-refractivity contribution in [2.45, 2.75) is 0 Å². The Balaban J connectivity index is 1.53. The molecule has 0 amide bonds. The summed E-state index contributed by atoms with van der Waals surface area (Å²) in [5, 5.41) is 3.98. The van der Waals surface area contributed by atoms with Crippen LogP contribution >= 0.6 is 34.0 Å². The first-order valence-electron chi connectivity index (χ1n) is 8.57. The first kappa shape index (κ1) is 15.9. The Morgan fingerprint density at radius 3 is 1.37 bits per heavy atom. The number of fused-ring (bicyclic) bond motifs is 3. The van der Waals surface area contributed by atoms with Gasteiger partial charge in [0.15, 0.2) is 34.5 Å². The van der Waals surface area contributed by atoms with E-state index in [1.807, 2.05) is 10.8 Å². The van der Waals surface area contributed by atoms with Crippen LogP contribution in [0.2, 0.25) is 0 Å². The van der Waals surface area contributed by atoms with Gasteiger partial charge in [0.05, 0.1) is 19.5 Å². The molecule has 9 heteroatoms. The van der Waals surface area contributed by atoms with E-state index in [0.29, 0.717) is 39.6 Å². The van der Waals surface area contributed by atoms with Crippen LogP contribution in [-0.2, 0) is 0 Å². The highest BCUT2D eigenvalue weighted by Crippen LogP contribution is 2.61. The summed E-state index contributed by atoms with van der Waals surface area (Å²) in [4.78, 5) is 4.06. The van der Waals surface area contributed by atoms with Crippen LogP contribution in [0.15, 0.2) is 10.8 Å². The summed E-state index contributed by atoms with van der Waals surface area (Å²) >= 11 is 4.84. The smallest absolute Gasteiger partial charge is 0.181 e. The minimum atomic E-state index is 0.531. The molecule has 0 N–H and O–H groups in total. The fourth-order valence-corrected chi connectivity index (χ4v) is 6.62. The molecule has 0 aromatic carbocycles. The zero-order valence-electron chi connectivity index (χ0n) is 14.1. The fourth-order valence-electron chi connectivity index (χ4n) is 3.29. The Bertz CT molecular complexity index is 938. The van der Waals surface area contributed by atoms with Gasteiger partial charge in [0.1, 0.15) is 39.6 Å². The van der Waals surface area contributed by atoms with Crippen molar-refractivity contribution in [3.05, 3.63) is 10.8 Å². The highest BCUT2D eigenvalue weighted by molar-refractivity contribution is 7.27. The highest BCUT2D eigenvalue weighted by atomic mass is 32.1.